The highest BCUT2D eigenvalue weighted by Crippen LogP contribution is 2.07. The zero-order valence-corrected chi connectivity index (χ0v) is 10.7. The molecule has 0 fully saturated rings. The van der Waals surface area contributed by atoms with Crippen molar-refractivity contribution in [1.82, 2.24) is 5.32 Å². The van der Waals surface area contributed by atoms with Crippen molar-refractivity contribution in [1.29, 1.82) is 0 Å². The van der Waals surface area contributed by atoms with Crippen LogP contribution in [-0.2, 0) is 13.2 Å². The fraction of sp³-hybridized carbons (Fsp3) is 0.667. The normalized spacial score (nSPS) is 10.9. The van der Waals surface area contributed by atoms with Gasteiger partial charge in [0.1, 0.15) is 18.1 Å². The molecule has 0 amide bonds. The Morgan fingerprint density at radius 3 is 2.75 bits per heavy atom. The molecule has 0 spiro atoms. The molecule has 0 aromatic carbocycles. The molecule has 1 rings (SSSR count). The van der Waals surface area contributed by atoms with E-state index < -0.39 is 0 Å². The SMILES string of the molecule is CSCCCCCNCc1ccc(CO)o1. The predicted molar refractivity (Wildman–Crippen MR) is 68.6 cm³/mol. The van der Waals surface area contributed by atoms with Gasteiger partial charge in [-0.3, -0.25) is 0 Å². The number of hydrogen-bond donors (Lipinski definition) is 2. The fourth-order valence-corrected chi connectivity index (χ4v) is 1.98. The maximum Gasteiger partial charge on any atom is 0.129 e. The summed E-state index contributed by atoms with van der Waals surface area (Å²) in [7, 11) is 0. The average molecular weight is 243 g/mol. The Labute approximate surface area is 102 Å². The van der Waals surface area contributed by atoms with Gasteiger partial charge in [-0.1, -0.05) is 6.42 Å². The predicted octanol–water partition coefficient (Wildman–Crippen LogP) is 2.39. The molecule has 0 unspecified atom stereocenters. The molecule has 16 heavy (non-hydrogen) atoms. The third-order valence-corrected chi connectivity index (χ3v) is 3.07. The molecule has 0 aliphatic heterocycles. The molecular formula is C12H21NO2S. The quantitative estimate of drug-likeness (QED) is 0.654. The molecule has 0 atom stereocenters. The molecule has 0 saturated heterocycles. The number of thioether (sulfide) groups is 1. The number of aliphatic hydroxyl groups excluding tert-OH is 1. The van der Waals surface area contributed by atoms with E-state index in [1.807, 2.05) is 23.9 Å². The number of furan rings is 1. The molecule has 1 aromatic heterocycles. The molecule has 2 N–H and O–H groups in total. The Bertz CT molecular complexity index is 276. The summed E-state index contributed by atoms with van der Waals surface area (Å²) in [5.41, 5.74) is 0. The van der Waals surface area contributed by atoms with Crippen LogP contribution in [0.15, 0.2) is 16.5 Å². The number of hydrogen-bond acceptors (Lipinski definition) is 4. The van der Waals surface area contributed by atoms with Crippen LogP contribution in [0.5, 0.6) is 0 Å². The maximum absolute atomic E-state index is 8.83. The summed E-state index contributed by atoms with van der Waals surface area (Å²) in [5.74, 6) is 2.79. The van der Waals surface area contributed by atoms with Crippen LogP contribution in [0.4, 0.5) is 0 Å². The Balaban J connectivity index is 1.98. The van der Waals surface area contributed by atoms with Crippen molar-refractivity contribution in [3.8, 4) is 0 Å². The number of unbranched alkanes of at least 4 members (excludes halogenated alkanes) is 2. The molecular weight excluding hydrogens is 222 g/mol. The molecule has 0 bridgehead atoms. The zero-order chi connectivity index (χ0) is 11.6. The summed E-state index contributed by atoms with van der Waals surface area (Å²) in [6, 6.07) is 3.72. The van der Waals surface area contributed by atoms with E-state index in [0.29, 0.717) is 5.76 Å². The van der Waals surface area contributed by atoms with Crippen LogP contribution in [0.3, 0.4) is 0 Å². The van der Waals surface area contributed by atoms with E-state index in [4.69, 9.17) is 9.52 Å². The van der Waals surface area contributed by atoms with Crippen LogP contribution in [0.25, 0.3) is 0 Å². The Kier molecular flexibility index (Phi) is 7.38. The smallest absolute Gasteiger partial charge is 0.129 e. The van der Waals surface area contributed by atoms with Crippen molar-refractivity contribution in [3.05, 3.63) is 23.7 Å². The van der Waals surface area contributed by atoms with Gasteiger partial charge in [-0.25, -0.2) is 0 Å². The molecule has 0 radical (unpaired) electrons. The lowest BCUT2D eigenvalue weighted by Gasteiger charge is -2.02. The van der Waals surface area contributed by atoms with Gasteiger partial charge in [0.2, 0.25) is 0 Å². The van der Waals surface area contributed by atoms with Crippen LogP contribution in [0.1, 0.15) is 30.8 Å². The minimum atomic E-state index is -0.0192. The largest absolute Gasteiger partial charge is 0.462 e. The van der Waals surface area contributed by atoms with E-state index in [1.54, 1.807) is 0 Å². The van der Waals surface area contributed by atoms with Gasteiger partial charge in [-0.2, -0.15) is 11.8 Å². The van der Waals surface area contributed by atoms with Crippen molar-refractivity contribution in [2.24, 2.45) is 0 Å². The third-order valence-electron chi connectivity index (χ3n) is 2.37. The summed E-state index contributed by atoms with van der Waals surface area (Å²) >= 11 is 1.91. The topological polar surface area (TPSA) is 45.4 Å². The van der Waals surface area contributed by atoms with Gasteiger partial charge in [-0.15, -0.1) is 0 Å². The van der Waals surface area contributed by atoms with Crippen LogP contribution in [0, 0.1) is 0 Å². The Hall–Kier alpha value is -0.450. The minimum Gasteiger partial charge on any atom is -0.462 e. The van der Waals surface area contributed by atoms with E-state index in [2.05, 4.69) is 11.6 Å². The van der Waals surface area contributed by atoms with E-state index >= 15 is 0 Å². The monoisotopic (exact) mass is 243 g/mol. The molecule has 1 heterocycles. The first-order chi connectivity index (χ1) is 7.86. The van der Waals surface area contributed by atoms with Crippen LogP contribution < -0.4 is 5.32 Å². The average Bonchev–Trinajstić information content (AvgIpc) is 2.76. The highest BCUT2D eigenvalue weighted by Gasteiger charge is 1.99. The first-order valence-electron chi connectivity index (χ1n) is 5.75. The summed E-state index contributed by atoms with van der Waals surface area (Å²) in [5, 5.41) is 12.2. The zero-order valence-electron chi connectivity index (χ0n) is 9.87. The summed E-state index contributed by atoms with van der Waals surface area (Å²) < 4.78 is 5.36. The van der Waals surface area contributed by atoms with Gasteiger partial charge < -0.3 is 14.8 Å². The van der Waals surface area contributed by atoms with Gasteiger partial charge in [-0.05, 0) is 43.5 Å². The number of nitrogens with one attached hydrogen (secondary N) is 1. The van der Waals surface area contributed by atoms with Crippen LogP contribution in [-0.4, -0.2) is 23.7 Å². The second-order valence-corrected chi connectivity index (χ2v) is 4.74. The van der Waals surface area contributed by atoms with Gasteiger partial charge in [0.25, 0.3) is 0 Å². The van der Waals surface area contributed by atoms with Crippen molar-refractivity contribution in [3.63, 3.8) is 0 Å². The van der Waals surface area contributed by atoms with Crippen LogP contribution in [0.2, 0.25) is 0 Å². The number of aliphatic hydroxyl groups is 1. The summed E-state index contributed by atoms with van der Waals surface area (Å²) in [6.45, 7) is 1.76. The van der Waals surface area contributed by atoms with Crippen molar-refractivity contribution in [2.75, 3.05) is 18.6 Å². The highest BCUT2D eigenvalue weighted by molar-refractivity contribution is 7.98. The highest BCUT2D eigenvalue weighted by atomic mass is 32.2. The molecule has 0 aliphatic carbocycles. The maximum atomic E-state index is 8.83. The lowest BCUT2D eigenvalue weighted by molar-refractivity contribution is 0.243. The lowest BCUT2D eigenvalue weighted by Crippen LogP contribution is -2.14. The van der Waals surface area contributed by atoms with E-state index in [0.717, 1.165) is 18.8 Å². The van der Waals surface area contributed by atoms with E-state index in [9.17, 15) is 0 Å². The fourth-order valence-electron chi connectivity index (χ4n) is 1.49. The van der Waals surface area contributed by atoms with Gasteiger partial charge >= 0.3 is 0 Å². The third kappa shape index (κ3) is 5.58. The molecule has 92 valence electrons. The summed E-state index contributed by atoms with van der Waals surface area (Å²) in [4.78, 5) is 0. The van der Waals surface area contributed by atoms with Gasteiger partial charge in [0, 0.05) is 0 Å². The molecule has 3 nitrogen and oxygen atoms in total. The first-order valence-corrected chi connectivity index (χ1v) is 7.14. The Morgan fingerprint density at radius 1 is 1.25 bits per heavy atom. The van der Waals surface area contributed by atoms with Gasteiger partial charge in [0.05, 0.1) is 6.54 Å². The molecule has 1 aromatic rings. The summed E-state index contributed by atoms with van der Waals surface area (Å²) in [6.07, 6.45) is 5.95. The minimum absolute atomic E-state index is 0.0192. The molecule has 0 saturated carbocycles. The number of rotatable bonds is 9. The second kappa shape index (κ2) is 8.67. The van der Waals surface area contributed by atoms with Gasteiger partial charge in [0.15, 0.2) is 0 Å². The molecule has 4 heteroatoms. The standard InChI is InChI=1S/C12H21NO2S/c1-16-8-4-2-3-7-13-9-11-5-6-12(10-14)15-11/h5-6,13-14H,2-4,7-10H2,1H3. The van der Waals surface area contributed by atoms with E-state index in [-0.39, 0.29) is 6.61 Å². The second-order valence-electron chi connectivity index (χ2n) is 3.76. The van der Waals surface area contributed by atoms with Crippen molar-refractivity contribution in [2.45, 2.75) is 32.4 Å². The Morgan fingerprint density at radius 2 is 2.06 bits per heavy atom. The molecule has 0 aliphatic rings. The van der Waals surface area contributed by atoms with Crippen LogP contribution >= 0.6 is 11.8 Å². The first kappa shape index (κ1) is 13.6. The van der Waals surface area contributed by atoms with Crippen molar-refractivity contribution < 1.29 is 9.52 Å². The van der Waals surface area contributed by atoms with E-state index in [1.165, 1.54) is 25.0 Å². The lowest BCUT2D eigenvalue weighted by atomic mass is 10.2. The van der Waals surface area contributed by atoms with Crippen molar-refractivity contribution >= 4 is 11.8 Å².